The van der Waals surface area contributed by atoms with Gasteiger partial charge in [-0.1, -0.05) is 0 Å². The van der Waals surface area contributed by atoms with Crippen LogP contribution in [0.15, 0.2) is 18.2 Å². The summed E-state index contributed by atoms with van der Waals surface area (Å²) in [5.41, 5.74) is 0.718. The summed E-state index contributed by atoms with van der Waals surface area (Å²) < 4.78 is 15.0. The molecule has 1 rings (SSSR count). The van der Waals surface area contributed by atoms with Gasteiger partial charge in [0.2, 0.25) is 5.69 Å². The number of rotatable bonds is 5. The van der Waals surface area contributed by atoms with E-state index >= 15 is 0 Å². The summed E-state index contributed by atoms with van der Waals surface area (Å²) in [4.78, 5) is 13.9. The molecule has 1 N–H and O–H groups in total. The molecule has 17 heavy (non-hydrogen) atoms. The zero-order valence-electron chi connectivity index (χ0n) is 10.1. The van der Waals surface area contributed by atoms with E-state index in [0.717, 1.165) is 5.69 Å². The first kappa shape index (κ1) is 13.0. The second kappa shape index (κ2) is 6.52. The summed E-state index contributed by atoms with van der Waals surface area (Å²) in [7, 11) is 3.12. The van der Waals surface area contributed by atoms with Gasteiger partial charge in [-0.3, -0.25) is 0 Å². The van der Waals surface area contributed by atoms with E-state index in [4.69, 9.17) is 14.2 Å². The number of hydrogen-bond acceptors (Lipinski definition) is 4. The molecule has 0 radical (unpaired) electrons. The fraction of sp³-hybridized carbons (Fsp3) is 0.333. The summed E-state index contributed by atoms with van der Waals surface area (Å²) in [6.07, 6.45) is 1.25. The van der Waals surface area contributed by atoms with Crippen LogP contribution in [-0.4, -0.2) is 33.0 Å². The maximum Gasteiger partial charge on any atom is 0.395 e. The summed E-state index contributed by atoms with van der Waals surface area (Å²) in [6, 6.07) is 5.26. The molecule has 0 aromatic heterocycles. The summed E-state index contributed by atoms with van der Waals surface area (Å²) in [5, 5.41) is 0. The number of nitrogens with one attached hydrogen (secondary N) is 1. The van der Waals surface area contributed by atoms with Crippen LogP contribution in [0.5, 0.6) is 11.5 Å². The molecule has 0 bridgehead atoms. The van der Waals surface area contributed by atoms with Crippen molar-refractivity contribution in [2.45, 2.75) is 6.92 Å². The molecule has 0 aliphatic carbocycles. The van der Waals surface area contributed by atoms with Crippen molar-refractivity contribution >= 4 is 17.9 Å². The molecule has 1 aromatic rings. The number of ether oxygens (including phenoxy) is 3. The van der Waals surface area contributed by atoms with Crippen LogP contribution in [0.1, 0.15) is 6.92 Å². The highest BCUT2D eigenvalue weighted by Gasteiger charge is 2.07. The van der Waals surface area contributed by atoms with Gasteiger partial charge in [-0.15, -0.1) is 0 Å². The van der Waals surface area contributed by atoms with E-state index in [-0.39, 0.29) is 0 Å². The Hall–Kier alpha value is -2.04. The second-order valence-corrected chi connectivity index (χ2v) is 3.11. The van der Waals surface area contributed by atoms with Crippen LogP contribution in [-0.2, 0) is 9.53 Å². The van der Waals surface area contributed by atoms with E-state index in [9.17, 15) is 4.79 Å². The Morgan fingerprint density at radius 2 is 2.00 bits per heavy atom. The number of esters is 1. The van der Waals surface area contributed by atoms with E-state index in [1.807, 2.05) is 0 Å². The largest absolute Gasteiger partial charge is 0.493 e. The normalized spacial score (nSPS) is 10.3. The molecule has 5 heteroatoms. The molecule has 0 saturated carbocycles. The highest BCUT2D eigenvalue weighted by atomic mass is 16.5. The lowest BCUT2D eigenvalue weighted by Crippen LogP contribution is -2.63. The molecule has 0 unspecified atom stereocenters. The van der Waals surface area contributed by atoms with Crippen LogP contribution >= 0.6 is 0 Å². The van der Waals surface area contributed by atoms with E-state index in [1.54, 1.807) is 39.3 Å². The molecule has 0 fully saturated rings. The second-order valence-electron chi connectivity index (χ2n) is 3.11. The molecule has 0 aliphatic rings. The standard InChI is InChI=1S/C12H15NO4/c1-4-17-12(14)8-13-9-5-6-10(15-2)11(7-9)16-3/h5-8H,4H2,1-3H3/p+1. The summed E-state index contributed by atoms with van der Waals surface area (Å²) >= 11 is 0. The number of methoxy groups -OCH3 is 2. The van der Waals surface area contributed by atoms with Crippen molar-refractivity contribution in [3.05, 3.63) is 18.2 Å². The minimum atomic E-state index is -0.415. The lowest BCUT2D eigenvalue weighted by atomic mass is 10.3. The van der Waals surface area contributed by atoms with E-state index < -0.39 is 5.97 Å². The first-order valence-electron chi connectivity index (χ1n) is 5.19. The van der Waals surface area contributed by atoms with Crippen molar-refractivity contribution < 1.29 is 24.0 Å². The molecular formula is C12H16NO4+. The maximum atomic E-state index is 11.1. The number of carbonyl (C=O) groups is 1. The Bertz CT molecular complexity index is 415. The molecule has 0 heterocycles. The number of benzene rings is 1. The number of carbonyl (C=O) groups excluding carboxylic acids is 1. The minimum absolute atomic E-state index is 0.350. The van der Waals surface area contributed by atoms with Crippen LogP contribution in [0.2, 0.25) is 0 Å². The Balaban J connectivity index is 2.82. The van der Waals surface area contributed by atoms with Gasteiger partial charge in [0.1, 0.15) is 0 Å². The fourth-order valence-electron chi connectivity index (χ4n) is 1.25. The quantitative estimate of drug-likeness (QED) is 0.581. The molecule has 0 atom stereocenters. The molecule has 0 aliphatic heterocycles. The molecule has 0 spiro atoms. The van der Waals surface area contributed by atoms with Crippen molar-refractivity contribution in [3.63, 3.8) is 0 Å². The average Bonchev–Trinajstić information content (AvgIpc) is 2.36. The fourth-order valence-corrected chi connectivity index (χ4v) is 1.25. The predicted octanol–water partition coefficient (Wildman–Crippen LogP) is 0.0498. The smallest absolute Gasteiger partial charge is 0.395 e. The van der Waals surface area contributed by atoms with Crippen LogP contribution in [0.3, 0.4) is 0 Å². The summed E-state index contributed by atoms with van der Waals surface area (Å²) in [6.45, 7) is 2.10. The van der Waals surface area contributed by atoms with Crippen molar-refractivity contribution in [3.8, 4) is 11.5 Å². The third-order valence-electron chi connectivity index (χ3n) is 2.03. The van der Waals surface area contributed by atoms with Crippen LogP contribution in [0, 0.1) is 0 Å². The molecule has 0 amide bonds. The van der Waals surface area contributed by atoms with Crippen molar-refractivity contribution in [2.24, 2.45) is 0 Å². The third kappa shape index (κ3) is 3.79. The van der Waals surface area contributed by atoms with Gasteiger partial charge < -0.3 is 14.2 Å². The van der Waals surface area contributed by atoms with Crippen molar-refractivity contribution in [1.82, 2.24) is 0 Å². The van der Waals surface area contributed by atoms with Gasteiger partial charge in [0.15, 0.2) is 11.5 Å². The van der Waals surface area contributed by atoms with Crippen molar-refractivity contribution in [2.75, 3.05) is 20.8 Å². The number of hydrogen-bond donors (Lipinski definition) is 1. The van der Waals surface area contributed by atoms with Crippen LogP contribution in [0.25, 0.3) is 0 Å². The lowest BCUT2D eigenvalue weighted by Gasteiger charge is -2.05. The van der Waals surface area contributed by atoms with Crippen molar-refractivity contribution in [1.29, 1.82) is 0 Å². The van der Waals surface area contributed by atoms with Crippen LogP contribution in [0.4, 0.5) is 5.69 Å². The SMILES string of the molecule is CCOC(=O)C=[NH+]c1ccc(OC)c(OC)c1. The van der Waals surface area contributed by atoms with Gasteiger partial charge in [0, 0.05) is 6.07 Å². The monoisotopic (exact) mass is 238 g/mol. The van der Waals surface area contributed by atoms with Gasteiger partial charge in [-0.2, -0.15) is 0 Å². The van der Waals surface area contributed by atoms with Gasteiger partial charge in [-0.25, -0.2) is 9.79 Å². The minimum Gasteiger partial charge on any atom is -0.493 e. The molecule has 1 aromatic carbocycles. The Labute approximate surface area is 100 Å². The Morgan fingerprint density at radius 3 is 2.59 bits per heavy atom. The zero-order valence-corrected chi connectivity index (χ0v) is 10.1. The first-order chi connectivity index (χ1) is 8.21. The highest BCUT2D eigenvalue weighted by molar-refractivity contribution is 6.20. The van der Waals surface area contributed by atoms with E-state index in [1.165, 1.54) is 6.21 Å². The molecule has 0 saturated heterocycles. The summed E-state index contributed by atoms with van der Waals surface area (Å²) in [5.74, 6) is 0.811. The first-order valence-corrected chi connectivity index (χ1v) is 5.19. The van der Waals surface area contributed by atoms with E-state index in [0.29, 0.717) is 18.1 Å². The molecule has 92 valence electrons. The average molecular weight is 238 g/mol. The predicted molar refractivity (Wildman–Crippen MR) is 62.9 cm³/mol. The maximum absolute atomic E-state index is 11.1. The van der Waals surface area contributed by atoms with Gasteiger partial charge >= 0.3 is 5.97 Å². The van der Waals surface area contributed by atoms with Gasteiger partial charge in [-0.05, 0) is 13.0 Å². The van der Waals surface area contributed by atoms with Gasteiger partial charge in [0.05, 0.1) is 26.9 Å². The highest BCUT2D eigenvalue weighted by Crippen LogP contribution is 2.27. The lowest BCUT2D eigenvalue weighted by molar-refractivity contribution is -0.347. The Morgan fingerprint density at radius 1 is 1.29 bits per heavy atom. The third-order valence-corrected chi connectivity index (χ3v) is 2.03. The zero-order chi connectivity index (χ0) is 12.7. The molecule has 5 nitrogen and oxygen atoms in total. The van der Waals surface area contributed by atoms with E-state index in [2.05, 4.69) is 4.99 Å². The molecular weight excluding hydrogens is 222 g/mol. The topological polar surface area (TPSA) is 58.7 Å². The Kier molecular flexibility index (Phi) is 5.00. The van der Waals surface area contributed by atoms with Crippen LogP contribution < -0.4 is 14.5 Å². The van der Waals surface area contributed by atoms with Gasteiger partial charge in [0.25, 0.3) is 6.21 Å².